The van der Waals surface area contributed by atoms with E-state index in [9.17, 15) is 23.1 Å². The zero-order chi connectivity index (χ0) is 22.0. The first-order valence-electron chi connectivity index (χ1n) is 10.4. The molecule has 1 fully saturated rings. The third kappa shape index (κ3) is 5.66. The summed E-state index contributed by atoms with van der Waals surface area (Å²) in [5.74, 6) is 0.225. The standard InChI is InChI=1S/C22H26F3N3O3/c23-22(24,25)15-27-9-7-26(8-10-27)14-20-21(30)19(29)11-18(31-20)13-28-6-5-16-3-1-2-4-17(16)12-28/h1-4,11,30H,5-10,12-15H2. The number of hydrogen-bond acceptors (Lipinski definition) is 6. The average Bonchev–Trinajstić information content (AvgIpc) is 2.72. The highest BCUT2D eigenvalue weighted by Crippen LogP contribution is 2.23. The van der Waals surface area contributed by atoms with Crippen molar-refractivity contribution in [2.45, 2.75) is 32.2 Å². The molecule has 1 aromatic carbocycles. The molecule has 2 aliphatic heterocycles. The molecule has 0 bridgehead atoms. The molecule has 0 atom stereocenters. The third-order valence-corrected chi connectivity index (χ3v) is 5.87. The maximum Gasteiger partial charge on any atom is 0.401 e. The van der Waals surface area contributed by atoms with Crippen molar-refractivity contribution >= 4 is 0 Å². The van der Waals surface area contributed by atoms with E-state index in [1.54, 1.807) is 0 Å². The quantitative estimate of drug-likeness (QED) is 0.776. The normalized spacial score (nSPS) is 18.8. The smallest absolute Gasteiger partial charge is 0.401 e. The van der Waals surface area contributed by atoms with Crippen molar-refractivity contribution in [3.63, 3.8) is 0 Å². The Bertz CT molecular complexity index is 968. The summed E-state index contributed by atoms with van der Waals surface area (Å²) in [7, 11) is 0. The van der Waals surface area contributed by atoms with Crippen molar-refractivity contribution in [3.8, 4) is 5.75 Å². The number of hydrogen-bond donors (Lipinski definition) is 1. The minimum absolute atomic E-state index is 0.171. The number of halogens is 3. The van der Waals surface area contributed by atoms with Gasteiger partial charge >= 0.3 is 6.18 Å². The summed E-state index contributed by atoms with van der Waals surface area (Å²) in [6.07, 6.45) is -3.29. The van der Waals surface area contributed by atoms with Gasteiger partial charge in [0.25, 0.3) is 0 Å². The Morgan fingerprint density at radius 3 is 2.32 bits per heavy atom. The average molecular weight is 437 g/mol. The summed E-state index contributed by atoms with van der Waals surface area (Å²) < 4.78 is 43.5. The molecule has 0 unspecified atom stereocenters. The van der Waals surface area contributed by atoms with Gasteiger partial charge in [-0.1, -0.05) is 24.3 Å². The molecule has 2 aromatic rings. The SMILES string of the molecule is O=c1cc(CN2CCc3ccccc3C2)oc(CN2CCN(CC(F)(F)F)CC2)c1O. The second kappa shape index (κ2) is 9.02. The summed E-state index contributed by atoms with van der Waals surface area (Å²) in [6.45, 7) is 2.70. The van der Waals surface area contributed by atoms with E-state index in [4.69, 9.17) is 4.42 Å². The van der Waals surface area contributed by atoms with Crippen LogP contribution in [0, 0.1) is 0 Å². The van der Waals surface area contributed by atoms with Crippen LogP contribution in [0.15, 0.2) is 39.5 Å². The van der Waals surface area contributed by atoms with Crippen LogP contribution in [0.4, 0.5) is 13.2 Å². The zero-order valence-corrected chi connectivity index (χ0v) is 17.2. The van der Waals surface area contributed by atoms with E-state index < -0.39 is 23.9 Å². The number of benzene rings is 1. The fourth-order valence-electron chi connectivity index (χ4n) is 4.24. The van der Waals surface area contributed by atoms with Crippen molar-refractivity contribution in [2.75, 3.05) is 39.3 Å². The van der Waals surface area contributed by atoms with Gasteiger partial charge < -0.3 is 9.52 Å². The van der Waals surface area contributed by atoms with Crippen molar-refractivity contribution in [2.24, 2.45) is 0 Å². The Kier molecular flexibility index (Phi) is 6.36. The van der Waals surface area contributed by atoms with Crippen molar-refractivity contribution < 1.29 is 22.7 Å². The van der Waals surface area contributed by atoms with Gasteiger partial charge in [0.1, 0.15) is 5.76 Å². The molecule has 4 rings (SSSR count). The summed E-state index contributed by atoms with van der Waals surface area (Å²) in [4.78, 5) is 17.7. The molecule has 0 radical (unpaired) electrons. The van der Waals surface area contributed by atoms with Crippen LogP contribution in [-0.2, 0) is 26.1 Å². The summed E-state index contributed by atoms with van der Waals surface area (Å²) >= 11 is 0. The monoisotopic (exact) mass is 437 g/mol. The Morgan fingerprint density at radius 1 is 0.935 bits per heavy atom. The predicted molar refractivity (Wildman–Crippen MR) is 109 cm³/mol. The Labute approximate surface area is 178 Å². The molecule has 1 N–H and O–H groups in total. The lowest BCUT2D eigenvalue weighted by atomic mass is 10.00. The number of piperazine rings is 1. The molecule has 0 aliphatic carbocycles. The molecule has 3 heterocycles. The molecule has 0 saturated carbocycles. The first kappa shape index (κ1) is 21.9. The molecule has 0 amide bonds. The summed E-state index contributed by atoms with van der Waals surface area (Å²) in [6, 6.07) is 9.58. The van der Waals surface area contributed by atoms with Gasteiger partial charge in [0.15, 0.2) is 5.76 Å². The number of rotatable bonds is 5. The van der Waals surface area contributed by atoms with E-state index >= 15 is 0 Å². The maximum absolute atomic E-state index is 12.6. The van der Waals surface area contributed by atoms with Gasteiger partial charge in [-0.05, 0) is 17.5 Å². The van der Waals surface area contributed by atoms with E-state index in [2.05, 4.69) is 17.0 Å². The summed E-state index contributed by atoms with van der Waals surface area (Å²) in [5.41, 5.74) is 2.09. The van der Waals surface area contributed by atoms with E-state index in [-0.39, 0.29) is 25.4 Å². The van der Waals surface area contributed by atoms with E-state index in [1.807, 2.05) is 17.0 Å². The van der Waals surface area contributed by atoms with Crippen LogP contribution < -0.4 is 5.43 Å². The molecule has 1 aromatic heterocycles. The highest BCUT2D eigenvalue weighted by Gasteiger charge is 2.32. The van der Waals surface area contributed by atoms with Gasteiger partial charge in [-0.2, -0.15) is 13.2 Å². The largest absolute Gasteiger partial charge is 0.502 e. The highest BCUT2D eigenvalue weighted by atomic mass is 19.4. The number of aromatic hydroxyl groups is 1. The van der Waals surface area contributed by atoms with Crippen LogP contribution in [0.5, 0.6) is 5.75 Å². The number of alkyl halides is 3. The van der Waals surface area contributed by atoms with Crippen molar-refractivity contribution in [1.29, 1.82) is 0 Å². The van der Waals surface area contributed by atoms with Gasteiger partial charge in [-0.15, -0.1) is 0 Å². The lowest BCUT2D eigenvalue weighted by Gasteiger charge is -2.34. The van der Waals surface area contributed by atoms with Gasteiger partial charge in [0.05, 0.1) is 19.6 Å². The molecule has 6 nitrogen and oxygen atoms in total. The fourth-order valence-corrected chi connectivity index (χ4v) is 4.24. The van der Waals surface area contributed by atoms with E-state index in [0.717, 1.165) is 19.5 Å². The van der Waals surface area contributed by atoms with Crippen LogP contribution in [0.25, 0.3) is 0 Å². The van der Waals surface area contributed by atoms with Crippen LogP contribution in [-0.4, -0.2) is 65.3 Å². The molecular formula is C22H26F3N3O3. The van der Waals surface area contributed by atoms with Gasteiger partial charge in [-0.25, -0.2) is 0 Å². The molecule has 31 heavy (non-hydrogen) atoms. The third-order valence-electron chi connectivity index (χ3n) is 5.87. The molecule has 0 spiro atoms. The predicted octanol–water partition coefficient (Wildman–Crippen LogP) is 2.58. The fraction of sp³-hybridized carbons (Fsp3) is 0.500. The molecule has 1 saturated heterocycles. The van der Waals surface area contributed by atoms with Crippen molar-refractivity contribution in [1.82, 2.24) is 14.7 Å². The second-order valence-corrected chi connectivity index (χ2v) is 8.25. The van der Waals surface area contributed by atoms with Crippen LogP contribution in [0.1, 0.15) is 22.6 Å². The van der Waals surface area contributed by atoms with Gasteiger partial charge in [0, 0.05) is 45.3 Å². The Balaban J connectivity index is 1.39. The maximum atomic E-state index is 12.6. The van der Waals surface area contributed by atoms with Crippen LogP contribution >= 0.6 is 0 Å². The Morgan fingerprint density at radius 2 is 1.61 bits per heavy atom. The molecular weight excluding hydrogens is 411 g/mol. The highest BCUT2D eigenvalue weighted by molar-refractivity contribution is 5.29. The van der Waals surface area contributed by atoms with Crippen LogP contribution in [0.2, 0.25) is 0 Å². The zero-order valence-electron chi connectivity index (χ0n) is 17.2. The minimum Gasteiger partial charge on any atom is -0.502 e. The number of nitrogens with zero attached hydrogens (tertiary/aromatic N) is 3. The molecule has 168 valence electrons. The van der Waals surface area contributed by atoms with Crippen molar-refractivity contribution in [3.05, 3.63) is 63.2 Å². The first-order valence-corrected chi connectivity index (χ1v) is 10.4. The topological polar surface area (TPSA) is 60.2 Å². The minimum atomic E-state index is -4.21. The lowest BCUT2D eigenvalue weighted by molar-refractivity contribution is -0.149. The van der Waals surface area contributed by atoms with Gasteiger partial charge in [0.2, 0.25) is 11.2 Å². The number of fused-ring (bicyclic) bond motifs is 1. The second-order valence-electron chi connectivity index (χ2n) is 8.25. The van der Waals surface area contributed by atoms with E-state index in [0.29, 0.717) is 25.4 Å². The molecule has 9 heteroatoms. The summed E-state index contributed by atoms with van der Waals surface area (Å²) in [5, 5.41) is 10.2. The van der Waals surface area contributed by atoms with Gasteiger partial charge in [-0.3, -0.25) is 19.5 Å². The lowest BCUT2D eigenvalue weighted by Crippen LogP contribution is -2.48. The van der Waals surface area contributed by atoms with E-state index in [1.165, 1.54) is 22.1 Å². The Hall–Kier alpha value is -2.36. The molecule has 2 aliphatic rings. The first-order chi connectivity index (χ1) is 14.8. The van der Waals surface area contributed by atoms with Crippen LogP contribution in [0.3, 0.4) is 0 Å².